The van der Waals surface area contributed by atoms with Crippen LogP contribution in [0, 0.1) is 25.2 Å². The molecule has 0 saturated carbocycles. The molecule has 1 unspecified atom stereocenters. The van der Waals surface area contributed by atoms with Crippen LogP contribution in [0.4, 0.5) is 0 Å². The number of aromatic nitrogens is 1. The zero-order valence-electron chi connectivity index (χ0n) is 8.74. The maximum Gasteiger partial charge on any atom is 0.182 e. The molecule has 3 nitrogen and oxygen atoms in total. The van der Waals surface area contributed by atoms with Gasteiger partial charge in [-0.3, -0.25) is 4.79 Å². The van der Waals surface area contributed by atoms with E-state index in [0.29, 0.717) is 6.42 Å². The molecule has 0 aliphatic rings. The first-order valence-electron chi connectivity index (χ1n) is 4.63. The summed E-state index contributed by atoms with van der Waals surface area (Å²) in [4.78, 5) is 11.2. The van der Waals surface area contributed by atoms with Gasteiger partial charge in [0.1, 0.15) is 0 Å². The molecule has 0 aromatic carbocycles. The predicted molar refractivity (Wildman–Crippen MR) is 55.1 cm³/mol. The Balaban J connectivity index is 3.22. The van der Waals surface area contributed by atoms with Gasteiger partial charge in [0.05, 0.1) is 12.5 Å². The van der Waals surface area contributed by atoms with E-state index in [4.69, 9.17) is 5.26 Å². The highest BCUT2D eigenvalue weighted by Gasteiger charge is 2.08. The number of aryl methyl sites for hydroxylation is 2. The van der Waals surface area contributed by atoms with Crippen LogP contribution in [0.15, 0.2) is 16.9 Å². The number of pyridine rings is 1. The lowest BCUT2D eigenvalue weighted by Gasteiger charge is -2.19. The lowest BCUT2D eigenvalue weighted by Crippen LogP contribution is -2.16. The van der Waals surface area contributed by atoms with Crippen molar-refractivity contribution < 1.29 is 0 Å². The Hall–Kier alpha value is -1.56. The maximum absolute atomic E-state index is 11.2. The molecule has 0 N–H and O–H groups in total. The third kappa shape index (κ3) is 2.02. The molecule has 74 valence electrons. The van der Waals surface area contributed by atoms with Crippen molar-refractivity contribution in [3.63, 3.8) is 0 Å². The van der Waals surface area contributed by atoms with E-state index in [0.717, 1.165) is 11.4 Å². The highest BCUT2D eigenvalue weighted by atomic mass is 16.1. The second-order valence-electron chi connectivity index (χ2n) is 3.56. The molecule has 0 aliphatic heterocycles. The van der Waals surface area contributed by atoms with Gasteiger partial charge >= 0.3 is 0 Å². The van der Waals surface area contributed by atoms with E-state index in [1.165, 1.54) is 0 Å². The molecular weight excluding hydrogens is 176 g/mol. The molecule has 0 saturated heterocycles. The first-order valence-corrected chi connectivity index (χ1v) is 4.63. The first-order chi connectivity index (χ1) is 6.56. The highest BCUT2D eigenvalue weighted by Crippen LogP contribution is 2.14. The van der Waals surface area contributed by atoms with E-state index in [9.17, 15) is 4.79 Å². The van der Waals surface area contributed by atoms with Gasteiger partial charge in [-0.05, 0) is 20.8 Å². The fraction of sp³-hybridized carbons (Fsp3) is 0.455. The Morgan fingerprint density at radius 2 is 1.93 bits per heavy atom. The van der Waals surface area contributed by atoms with E-state index in [-0.39, 0.29) is 11.5 Å². The molecule has 1 heterocycles. The number of nitrogens with zero attached hydrogens (tertiary/aromatic N) is 2. The molecule has 1 aromatic rings. The standard InChI is InChI=1S/C11H14N2O/c1-8(4-5-12)13-9(2)6-11(14)7-10(13)3/h6-8H,4H2,1-3H3. The van der Waals surface area contributed by atoms with Crippen molar-refractivity contribution in [3.05, 3.63) is 33.7 Å². The van der Waals surface area contributed by atoms with Crippen molar-refractivity contribution in [2.75, 3.05) is 0 Å². The molecule has 1 rings (SSSR count). The van der Waals surface area contributed by atoms with Crippen molar-refractivity contribution in [1.29, 1.82) is 5.26 Å². The van der Waals surface area contributed by atoms with Crippen LogP contribution in [-0.4, -0.2) is 4.57 Å². The van der Waals surface area contributed by atoms with Gasteiger partial charge in [-0.15, -0.1) is 0 Å². The molecule has 0 aliphatic carbocycles. The summed E-state index contributed by atoms with van der Waals surface area (Å²) >= 11 is 0. The third-order valence-electron chi connectivity index (χ3n) is 2.29. The quantitative estimate of drug-likeness (QED) is 0.715. The van der Waals surface area contributed by atoms with Crippen LogP contribution in [0.2, 0.25) is 0 Å². The molecular formula is C11H14N2O. The number of rotatable bonds is 2. The fourth-order valence-corrected chi connectivity index (χ4v) is 1.79. The van der Waals surface area contributed by atoms with Crippen LogP contribution in [0.1, 0.15) is 30.8 Å². The zero-order valence-corrected chi connectivity index (χ0v) is 8.74. The summed E-state index contributed by atoms with van der Waals surface area (Å²) in [6.45, 7) is 5.76. The molecule has 3 heteroatoms. The Morgan fingerprint density at radius 1 is 1.43 bits per heavy atom. The van der Waals surface area contributed by atoms with Gasteiger partial charge in [0.25, 0.3) is 0 Å². The van der Waals surface area contributed by atoms with Crippen LogP contribution in [-0.2, 0) is 0 Å². The van der Waals surface area contributed by atoms with E-state index < -0.39 is 0 Å². The van der Waals surface area contributed by atoms with Crippen molar-refractivity contribution in [3.8, 4) is 6.07 Å². The first kappa shape index (κ1) is 10.5. The SMILES string of the molecule is Cc1cc(=O)cc(C)n1C(C)CC#N. The monoisotopic (exact) mass is 190 g/mol. The Labute approximate surface area is 83.6 Å². The largest absolute Gasteiger partial charge is 0.345 e. The number of hydrogen-bond acceptors (Lipinski definition) is 2. The van der Waals surface area contributed by atoms with E-state index in [2.05, 4.69) is 6.07 Å². The van der Waals surface area contributed by atoms with Gasteiger partial charge in [0, 0.05) is 29.6 Å². The summed E-state index contributed by atoms with van der Waals surface area (Å²) in [6.07, 6.45) is 0.463. The van der Waals surface area contributed by atoms with Crippen LogP contribution in [0.5, 0.6) is 0 Å². The van der Waals surface area contributed by atoms with Crippen LogP contribution in [0.3, 0.4) is 0 Å². The Kier molecular flexibility index (Phi) is 3.08. The smallest absolute Gasteiger partial charge is 0.182 e. The number of nitriles is 1. The molecule has 0 fully saturated rings. The second-order valence-corrected chi connectivity index (χ2v) is 3.56. The van der Waals surface area contributed by atoms with Crippen molar-refractivity contribution in [2.45, 2.75) is 33.2 Å². The molecule has 0 amide bonds. The summed E-state index contributed by atoms with van der Waals surface area (Å²) in [5, 5.41) is 8.61. The normalized spacial score (nSPS) is 12.1. The van der Waals surface area contributed by atoms with Crippen LogP contribution < -0.4 is 5.43 Å². The van der Waals surface area contributed by atoms with Gasteiger partial charge in [-0.2, -0.15) is 5.26 Å². The van der Waals surface area contributed by atoms with Crippen molar-refractivity contribution in [1.82, 2.24) is 4.57 Å². The Bertz CT molecular complexity index is 400. The topological polar surface area (TPSA) is 45.8 Å². The van der Waals surface area contributed by atoms with Crippen LogP contribution >= 0.6 is 0 Å². The van der Waals surface area contributed by atoms with Crippen molar-refractivity contribution >= 4 is 0 Å². The highest BCUT2D eigenvalue weighted by molar-refractivity contribution is 5.13. The van der Waals surface area contributed by atoms with Crippen molar-refractivity contribution in [2.24, 2.45) is 0 Å². The minimum absolute atomic E-state index is 0.0282. The summed E-state index contributed by atoms with van der Waals surface area (Å²) in [7, 11) is 0. The lowest BCUT2D eigenvalue weighted by molar-refractivity contribution is 0.529. The minimum Gasteiger partial charge on any atom is -0.345 e. The van der Waals surface area contributed by atoms with E-state index in [1.807, 2.05) is 25.3 Å². The summed E-state index contributed by atoms with van der Waals surface area (Å²) in [5.41, 5.74) is 1.86. The average molecular weight is 190 g/mol. The van der Waals surface area contributed by atoms with Gasteiger partial charge in [-0.25, -0.2) is 0 Å². The molecule has 0 radical (unpaired) electrons. The van der Waals surface area contributed by atoms with E-state index >= 15 is 0 Å². The third-order valence-corrected chi connectivity index (χ3v) is 2.29. The van der Waals surface area contributed by atoms with Gasteiger partial charge in [0.15, 0.2) is 5.43 Å². The molecule has 1 aromatic heterocycles. The molecule has 14 heavy (non-hydrogen) atoms. The average Bonchev–Trinajstić information content (AvgIpc) is 2.01. The van der Waals surface area contributed by atoms with Gasteiger partial charge < -0.3 is 4.57 Å². The van der Waals surface area contributed by atoms with Crippen LogP contribution in [0.25, 0.3) is 0 Å². The summed E-state index contributed by atoms with van der Waals surface area (Å²) < 4.78 is 2.02. The van der Waals surface area contributed by atoms with Gasteiger partial charge in [0.2, 0.25) is 0 Å². The molecule has 0 bridgehead atoms. The Morgan fingerprint density at radius 3 is 2.36 bits per heavy atom. The van der Waals surface area contributed by atoms with E-state index in [1.54, 1.807) is 12.1 Å². The number of hydrogen-bond donors (Lipinski definition) is 0. The molecule has 1 atom stereocenters. The minimum atomic E-state index is 0.0282. The summed E-state index contributed by atoms with van der Waals surface area (Å²) in [6, 6.07) is 5.46. The summed E-state index contributed by atoms with van der Waals surface area (Å²) in [5.74, 6) is 0. The molecule has 0 spiro atoms. The zero-order chi connectivity index (χ0) is 10.7. The second kappa shape index (κ2) is 4.10. The fourth-order valence-electron chi connectivity index (χ4n) is 1.79. The predicted octanol–water partition coefficient (Wildman–Crippen LogP) is 1.94. The lowest BCUT2D eigenvalue weighted by atomic mass is 10.2. The van der Waals surface area contributed by atoms with Gasteiger partial charge in [-0.1, -0.05) is 0 Å². The maximum atomic E-state index is 11.2.